The summed E-state index contributed by atoms with van der Waals surface area (Å²) in [4.78, 5) is 6.96. The minimum atomic E-state index is 0.148. The zero-order valence-electron chi connectivity index (χ0n) is 9.78. The third kappa shape index (κ3) is 4.08. The lowest BCUT2D eigenvalue weighted by atomic mass is 10.1. The zero-order valence-corrected chi connectivity index (χ0v) is 12.9. The molecule has 3 nitrogen and oxygen atoms in total. The van der Waals surface area contributed by atoms with Crippen molar-refractivity contribution in [3.05, 3.63) is 21.8 Å². The summed E-state index contributed by atoms with van der Waals surface area (Å²) in [5.41, 5.74) is 5.63. The van der Waals surface area contributed by atoms with E-state index >= 15 is 0 Å². The largest absolute Gasteiger partial charge is 0.393 e. The molecule has 1 heterocycles. The van der Waals surface area contributed by atoms with Crippen LogP contribution in [-0.2, 0) is 0 Å². The average Bonchev–Trinajstić information content (AvgIpc) is 2.26. The second-order valence-electron chi connectivity index (χ2n) is 3.80. The Morgan fingerprint density at radius 2 is 2.35 bits per heavy atom. The number of hydrogen-bond acceptors (Lipinski definition) is 3. The Morgan fingerprint density at radius 3 is 2.82 bits per heavy atom. The monoisotopic (exact) mass is 335 g/mol. The van der Waals surface area contributed by atoms with E-state index in [9.17, 15) is 0 Å². The molecule has 1 rings (SSSR count). The van der Waals surface area contributed by atoms with Crippen molar-refractivity contribution >= 4 is 50.6 Å². The molecule has 1 unspecified atom stereocenters. The van der Waals surface area contributed by atoms with Crippen LogP contribution in [0.5, 0.6) is 0 Å². The maximum atomic E-state index is 5.87. The molecule has 0 bridgehead atoms. The van der Waals surface area contributed by atoms with Crippen molar-refractivity contribution in [2.24, 2.45) is 11.7 Å². The molecule has 1 atom stereocenters. The van der Waals surface area contributed by atoms with Gasteiger partial charge in [0.2, 0.25) is 0 Å². The highest BCUT2D eigenvalue weighted by Gasteiger charge is 2.15. The lowest BCUT2D eigenvalue weighted by Gasteiger charge is -2.26. The first-order valence-electron chi connectivity index (χ1n) is 5.31. The molecule has 17 heavy (non-hydrogen) atoms. The highest BCUT2D eigenvalue weighted by molar-refractivity contribution is 9.10. The van der Waals surface area contributed by atoms with Gasteiger partial charge in [0, 0.05) is 25.2 Å². The van der Waals surface area contributed by atoms with E-state index in [0.29, 0.717) is 10.0 Å². The van der Waals surface area contributed by atoms with Crippen molar-refractivity contribution in [1.82, 2.24) is 4.98 Å². The van der Waals surface area contributed by atoms with Crippen LogP contribution in [0, 0.1) is 5.92 Å². The topological polar surface area (TPSA) is 42.1 Å². The molecule has 0 amide bonds. The number of aromatic nitrogens is 1. The molecule has 0 radical (unpaired) electrons. The fraction of sp³-hybridized carbons (Fsp3) is 0.455. The first-order chi connectivity index (χ1) is 7.95. The van der Waals surface area contributed by atoms with Gasteiger partial charge in [-0.1, -0.05) is 30.7 Å². The van der Waals surface area contributed by atoms with E-state index < -0.39 is 0 Å². The van der Waals surface area contributed by atoms with Crippen LogP contribution in [0.1, 0.15) is 13.8 Å². The minimum absolute atomic E-state index is 0.148. The second-order valence-corrected chi connectivity index (χ2v) is 5.56. The predicted molar refractivity (Wildman–Crippen MR) is 80.8 cm³/mol. The summed E-state index contributed by atoms with van der Waals surface area (Å²) >= 11 is 14.3. The SMILES string of the molecule is CCN(CC(C)C(N)=S)c1ncc(Cl)cc1Br. The van der Waals surface area contributed by atoms with Crippen LogP contribution in [0.25, 0.3) is 0 Å². The molecular formula is C11H15BrClN3S. The van der Waals surface area contributed by atoms with Gasteiger partial charge in [-0.25, -0.2) is 4.98 Å². The summed E-state index contributed by atoms with van der Waals surface area (Å²) in [5.74, 6) is 1.01. The van der Waals surface area contributed by atoms with Crippen molar-refractivity contribution in [2.45, 2.75) is 13.8 Å². The molecule has 94 valence electrons. The van der Waals surface area contributed by atoms with Gasteiger partial charge in [-0.05, 0) is 28.9 Å². The Kier molecular flexibility index (Phi) is 5.62. The molecular weight excluding hydrogens is 322 g/mol. The highest BCUT2D eigenvalue weighted by atomic mass is 79.9. The van der Waals surface area contributed by atoms with Crippen LogP contribution in [0.4, 0.5) is 5.82 Å². The van der Waals surface area contributed by atoms with E-state index in [4.69, 9.17) is 29.6 Å². The van der Waals surface area contributed by atoms with E-state index in [-0.39, 0.29) is 5.92 Å². The summed E-state index contributed by atoms with van der Waals surface area (Å²) in [6.45, 7) is 5.66. The third-order valence-corrected chi connectivity index (χ3v) is 3.64. The molecule has 0 saturated heterocycles. The van der Waals surface area contributed by atoms with Crippen molar-refractivity contribution in [3.63, 3.8) is 0 Å². The maximum Gasteiger partial charge on any atom is 0.142 e. The molecule has 0 aromatic carbocycles. The van der Waals surface area contributed by atoms with E-state index in [1.807, 2.05) is 13.0 Å². The quantitative estimate of drug-likeness (QED) is 0.838. The van der Waals surface area contributed by atoms with E-state index in [0.717, 1.165) is 23.4 Å². The van der Waals surface area contributed by atoms with Crippen LogP contribution in [0.2, 0.25) is 5.02 Å². The summed E-state index contributed by atoms with van der Waals surface area (Å²) in [5, 5.41) is 0.610. The van der Waals surface area contributed by atoms with E-state index in [2.05, 4.69) is 32.7 Å². The van der Waals surface area contributed by atoms with Crippen molar-refractivity contribution in [1.29, 1.82) is 0 Å². The fourth-order valence-corrected chi connectivity index (χ4v) is 2.39. The second kappa shape index (κ2) is 6.52. The van der Waals surface area contributed by atoms with Gasteiger partial charge >= 0.3 is 0 Å². The smallest absolute Gasteiger partial charge is 0.142 e. The van der Waals surface area contributed by atoms with Gasteiger partial charge < -0.3 is 10.6 Å². The molecule has 6 heteroatoms. The Hall–Kier alpha value is -0.390. The molecule has 0 fully saturated rings. The van der Waals surface area contributed by atoms with Crippen LogP contribution in [0.3, 0.4) is 0 Å². The third-order valence-electron chi connectivity index (χ3n) is 2.45. The van der Waals surface area contributed by atoms with Gasteiger partial charge in [0.15, 0.2) is 0 Å². The van der Waals surface area contributed by atoms with Crippen molar-refractivity contribution in [2.75, 3.05) is 18.0 Å². The first-order valence-corrected chi connectivity index (χ1v) is 6.89. The number of anilines is 1. The maximum absolute atomic E-state index is 5.87. The molecule has 0 aliphatic heterocycles. The number of hydrogen-bond donors (Lipinski definition) is 1. The first kappa shape index (κ1) is 14.7. The summed E-state index contributed by atoms with van der Waals surface area (Å²) in [7, 11) is 0. The average molecular weight is 337 g/mol. The van der Waals surface area contributed by atoms with Crippen molar-refractivity contribution < 1.29 is 0 Å². The normalized spacial score (nSPS) is 12.2. The van der Waals surface area contributed by atoms with Crippen molar-refractivity contribution in [3.8, 4) is 0 Å². The minimum Gasteiger partial charge on any atom is -0.393 e. The molecule has 1 aromatic heterocycles. The zero-order chi connectivity index (χ0) is 13.0. The number of pyridine rings is 1. The molecule has 0 spiro atoms. The van der Waals surface area contributed by atoms with Crippen LogP contribution in [0.15, 0.2) is 16.7 Å². The summed E-state index contributed by atoms with van der Waals surface area (Å²) in [6.07, 6.45) is 1.63. The van der Waals surface area contributed by atoms with Crippen LogP contribution >= 0.6 is 39.7 Å². The Balaban J connectivity index is 2.90. The van der Waals surface area contributed by atoms with E-state index in [1.54, 1.807) is 6.20 Å². The lowest BCUT2D eigenvalue weighted by molar-refractivity contribution is 0.699. The number of thiocarbonyl (C=S) groups is 1. The Bertz CT molecular complexity index is 414. The van der Waals surface area contributed by atoms with Gasteiger partial charge in [-0.2, -0.15) is 0 Å². The van der Waals surface area contributed by atoms with Gasteiger partial charge in [-0.3, -0.25) is 0 Å². The predicted octanol–water partition coefficient (Wildman–Crippen LogP) is 3.25. The van der Waals surface area contributed by atoms with Gasteiger partial charge in [-0.15, -0.1) is 0 Å². The van der Waals surface area contributed by atoms with Crippen LogP contribution in [-0.4, -0.2) is 23.1 Å². The number of nitrogens with two attached hydrogens (primary N) is 1. The fourth-order valence-electron chi connectivity index (χ4n) is 1.43. The molecule has 0 saturated carbocycles. The lowest BCUT2D eigenvalue weighted by Crippen LogP contribution is -2.34. The number of nitrogens with zero attached hydrogens (tertiary/aromatic N) is 2. The molecule has 0 aliphatic carbocycles. The van der Waals surface area contributed by atoms with Gasteiger partial charge in [0.1, 0.15) is 5.82 Å². The van der Waals surface area contributed by atoms with Gasteiger partial charge in [0.25, 0.3) is 0 Å². The van der Waals surface area contributed by atoms with Gasteiger partial charge in [0.05, 0.1) is 14.5 Å². The Labute approximate surface area is 120 Å². The molecule has 0 aliphatic rings. The highest BCUT2D eigenvalue weighted by Crippen LogP contribution is 2.26. The number of halogens is 2. The Morgan fingerprint density at radius 1 is 1.71 bits per heavy atom. The molecule has 1 aromatic rings. The standard InChI is InChI=1S/C11H15BrClN3S/c1-3-16(6-7(2)10(14)17)11-9(12)4-8(13)5-15-11/h4-5,7H,3,6H2,1-2H3,(H2,14,17). The van der Waals surface area contributed by atoms with Crippen LogP contribution < -0.4 is 10.6 Å². The summed E-state index contributed by atoms with van der Waals surface area (Å²) in [6, 6.07) is 1.83. The molecule has 2 N–H and O–H groups in total. The number of rotatable bonds is 5. The summed E-state index contributed by atoms with van der Waals surface area (Å²) < 4.78 is 0.877. The van der Waals surface area contributed by atoms with E-state index in [1.165, 1.54) is 0 Å².